The molecule has 7 heteroatoms. The van der Waals surface area contributed by atoms with Crippen molar-refractivity contribution < 1.29 is 8.42 Å². The zero-order chi connectivity index (χ0) is 16.0. The van der Waals surface area contributed by atoms with Gasteiger partial charge in [0.05, 0.1) is 5.69 Å². The summed E-state index contributed by atoms with van der Waals surface area (Å²) >= 11 is 6.64. The highest BCUT2D eigenvalue weighted by atomic mass is 79.9. The number of rotatable bonds is 8. The summed E-state index contributed by atoms with van der Waals surface area (Å²) in [5.41, 5.74) is 6.20. The van der Waals surface area contributed by atoms with Gasteiger partial charge in [-0.25, -0.2) is 8.42 Å². The number of hydrogen-bond donors (Lipinski definition) is 1. The lowest BCUT2D eigenvalue weighted by atomic mass is 10.3. The van der Waals surface area contributed by atoms with Crippen molar-refractivity contribution >= 4 is 47.6 Å². The minimum atomic E-state index is -3.58. The van der Waals surface area contributed by atoms with Gasteiger partial charge in [-0.2, -0.15) is 4.31 Å². The molecule has 0 aliphatic carbocycles. The third kappa shape index (κ3) is 4.94. The SMILES string of the molecule is CCCCN(CCCC)S(=O)(=O)c1c(N)cc(Br)cc1Br. The minimum absolute atomic E-state index is 0.165. The van der Waals surface area contributed by atoms with Gasteiger partial charge in [-0.1, -0.05) is 42.6 Å². The first-order valence-electron chi connectivity index (χ1n) is 7.09. The van der Waals surface area contributed by atoms with Crippen LogP contribution in [0, 0.1) is 0 Å². The summed E-state index contributed by atoms with van der Waals surface area (Å²) in [5.74, 6) is 0. The van der Waals surface area contributed by atoms with Crippen LogP contribution in [0.25, 0.3) is 0 Å². The van der Waals surface area contributed by atoms with Gasteiger partial charge in [-0.3, -0.25) is 0 Å². The van der Waals surface area contributed by atoms with Crippen molar-refractivity contribution in [2.24, 2.45) is 0 Å². The third-order valence-electron chi connectivity index (χ3n) is 3.16. The molecule has 0 radical (unpaired) electrons. The standard InChI is InChI=1S/C14H22Br2N2O2S/c1-3-5-7-18(8-6-4-2)21(19,20)14-12(16)9-11(15)10-13(14)17/h9-10H,3-8,17H2,1-2H3. The lowest BCUT2D eigenvalue weighted by molar-refractivity contribution is 0.395. The van der Waals surface area contributed by atoms with Gasteiger partial charge in [0.15, 0.2) is 0 Å². The zero-order valence-corrected chi connectivity index (χ0v) is 16.4. The number of nitrogens with two attached hydrogens (primary N) is 1. The molecule has 0 bridgehead atoms. The average molecular weight is 442 g/mol. The van der Waals surface area contributed by atoms with E-state index in [1.54, 1.807) is 16.4 Å². The summed E-state index contributed by atoms with van der Waals surface area (Å²) < 4.78 is 28.6. The molecule has 0 spiro atoms. The quantitative estimate of drug-likeness (QED) is 0.608. The highest BCUT2D eigenvalue weighted by molar-refractivity contribution is 9.11. The van der Waals surface area contributed by atoms with Gasteiger partial charge >= 0.3 is 0 Å². The number of unbranched alkanes of at least 4 members (excludes halogenated alkanes) is 2. The number of anilines is 1. The van der Waals surface area contributed by atoms with Crippen LogP contribution in [0.4, 0.5) is 5.69 Å². The maximum Gasteiger partial charge on any atom is 0.246 e. The Bertz CT molecular complexity index is 545. The summed E-state index contributed by atoms with van der Waals surface area (Å²) in [7, 11) is -3.58. The maximum absolute atomic E-state index is 12.9. The van der Waals surface area contributed by atoms with E-state index in [2.05, 4.69) is 45.7 Å². The van der Waals surface area contributed by atoms with Crippen LogP contribution in [-0.2, 0) is 10.0 Å². The van der Waals surface area contributed by atoms with Crippen molar-refractivity contribution in [1.82, 2.24) is 4.31 Å². The fraction of sp³-hybridized carbons (Fsp3) is 0.571. The van der Waals surface area contributed by atoms with E-state index in [1.165, 1.54) is 0 Å². The summed E-state index contributed by atoms with van der Waals surface area (Å²) in [5, 5.41) is 0. The Morgan fingerprint density at radius 3 is 2.05 bits per heavy atom. The average Bonchev–Trinajstić information content (AvgIpc) is 2.36. The fourth-order valence-corrected chi connectivity index (χ4v) is 5.53. The van der Waals surface area contributed by atoms with Crippen molar-refractivity contribution in [2.75, 3.05) is 18.8 Å². The van der Waals surface area contributed by atoms with Gasteiger partial charge in [0, 0.05) is 22.0 Å². The van der Waals surface area contributed by atoms with Crippen molar-refractivity contribution in [2.45, 2.75) is 44.4 Å². The molecule has 0 amide bonds. The van der Waals surface area contributed by atoms with Gasteiger partial charge in [0.1, 0.15) is 4.90 Å². The molecule has 1 rings (SSSR count). The molecule has 0 atom stereocenters. The molecule has 21 heavy (non-hydrogen) atoms. The van der Waals surface area contributed by atoms with Crippen LogP contribution in [0.3, 0.4) is 0 Å². The molecule has 0 aliphatic heterocycles. The highest BCUT2D eigenvalue weighted by Crippen LogP contribution is 2.33. The summed E-state index contributed by atoms with van der Waals surface area (Å²) in [4.78, 5) is 0.165. The molecule has 0 saturated heterocycles. The Morgan fingerprint density at radius 2 is 1.62 bits per heavy atom. The van der Waals surface area contributed by atoms with E-state index in [-0.39, 0.29) is 10.6 Å². The van der Waals surface area contributed by atoms with Crippen LogP contribution < -0.4 is 5.73 Å². The number of nitrogens with zero attached hydrogens (tertiary/aromatic N) is 1. The molecular weight excluding hydrogens is 420 g/mol. The molecule has 0 fully saturated rings. The first-order chi connectivity index (χ1) is 9.84. The monoisotopic (exact) mass is 440 g/mol. The largest absolute Gasteiger partial charge is 0.398 e. The zero-order valence-electron chi connectivity index (χ0n) is 12.4. The Balaban J connectivity index is 3.21. The summed E-state index contributed by atoms with van der Waals surface area (Å²) in [6.45, 7) is 5.16. The Morgan fingerprint density at radius 1 is 1.10 bits per heavy atom. The van der Waals surface area contributed by atoms with Crippen molar-refractivity contribution in [1.29, 1.82) is 0 Å². The Kier molecular flexibility index (Phi) is 7.67. The lowest BCUT2D eigenvalue weighted by Gasteiger charge is -2.23. The Labute approximate surface area is 144 Å². The van der Waals surface area contributed by atoms with E-state index in [0.717, 1.165) is 30.2 Å². The minimum Gasteiger partial charge on any atom is -0.398 e. The second kappa shape index (κ2) is 8.50. The molecular formula is C14H22Br2N2O2S. The normalized spacial score (nSPS) is 12.0. The number of benzene rings is 1. The first-order valence-corrected chi connectivity index (χ1v) is 10.1. The van der Waals surface area contributed by atoms with E-state index in [4.69, 9.17) is 5.73 Å². The molecule has 4 nitrogen and oxygen atoms in total. The molecule has 120 valence electrons. The predicted molar refractivity (Wildman–Crippen MR) is 94.8 cm³/mol. The van der Waals surface area contributed by atoms with Gasteiger partial charge in [-0.05, 0) is 40.9 Å². The van der Waals surface area contributed by atoms with E-state index >= 15 is 0 Å². The van der Waals surface area contributed by atoms with Crippen LogP contribution in [0.5, 0.6) is 0 Å². The second-order valence-electron chi connectivity index (χ2n) is 4.92. The number of nitrogen functional groups attached to an aromatic ring is 1. The maximum atomic E-state index is 12.9. The lowest BCUT2D eigenvalue weighted by Crippen LogP contribution is -2.33. The number of halogens is 2. The van der Waals surface area contributed by atoms with E-state index in [0.29, 0.717) is 17.6 Å². The third-order valence-corrected chi connectivity index (χ3v) is 6.52. The topological polar surface area (TPSA) is 63.4 Å². The summed E-state index contributed by atoms with van der Waals surface area (Å²) in [6, 6.07) is 3.33. The van der Waals surface area contributed by atoms with Gasteiger partial charge in [0.2, 0.25) is 10.0 Å². The van der Waals surface area contributed by atoms with Crippen LogP contribution in [0.1, 0.15) is 39.5 Å². The molecule has 1 aromatic carbocycles. The van der Waals surface area contributed by atoms with E-state index in [9.17, 15) is 8.42 Å². The molecule has 1 aromatic rings. The molecule has 2 N–H and O–H groups in total. The second-order valence-corrected chi connectivity index (χ2v) is 8.56. The molecule has 0 saturated carbocycles. The van der Waals surface area contributed by atoms with Crippen LogP contribution >= 0.6 is 31.9 Å². The Hall–Kier alpha value is -0.110. The van der Waals surface area contributed by atoms with Crippen LogP contribution in [0.15, 0.2) is 26.0 Å². The van der Waals surface area contributed by atoms with Crippen molar-refractivity contribution in [3.63, 3.8) is 0 Å². The van der Waals surface area contributed by atoms with Gasteiger partial charge in [-0.15, -0.1) is 0 Å². The molecule has 0 aromatic heterocycles. The van der Waals surface area contributed by atoms with E-state index < -0.39 is 10.0 Å². The molecule has 0 unspecified atom stereocenters. The molecule has 0 heterocycles. The molecule has 0 aliphatic rings. The van der Waals surface area contributed by atoms with Crippen molar-refractivity contribution in [3.05, 3.63) is 21.1 Å². The first kappa shape index (κ1) is 18.9. The predicted octanol–water partition coefficient (Wildman–Crippen LogP) is 4.38. The highest BCUT2D eigenvalue weighted by Gasteiger charge is 2.28. The smallest absolute Gasteiger partial charge is 0.246 e. The number of hydrogen-bond acceptors (Lipinski definition) is 3. The van der Waals surface area contributed by atoms with Gasteiger partial charge in [0.25, 0.3) is 0 Å². The van der Waals surface area contributed by atoms with Gasteiger partial charge < -0.3 is 5.73 Å². The fourth-order valence-electron chi connectivity index (χ4n) is 2.00. The summed E-state index contributed by atoms with van der Waals surface area (Å²) in [6.07, 6.45) is 3.60. The van der Waals surface area contributed by atoms with E-state index in [1.807, 2.05) is 0 Å². The van der Waals surface area contributed by atoms with Crippen LogP contribution in [-0.4, -0.2) is 25.8 Å². The van der Waals surface area contributed by atoms with Crippen LogP contribution in [0.2, 0.25) is 0 Å². The van der Waals surface area contributed by atoms with Crippen molar-refractivity contribution in [3.8, 4) is 0 Å². The number of sulfonamides is 1.